The summed E-state index contributed by atoms with van der Waals surface area (Å²) >= 11 is 0. The number of benzene rings is 1. The van der Waals surface area contributed by atoms with E-state index in [-0.39, 0.29) is 5.88 Å². The van der Waals surface area contributed by atoms with E-state index in [0.29, 0.717) is 33.3 Å². The fourth-order valence-electron chi connectivity index (χ4n) is 2.50. The third-order valence-corrected chi connectivity index (χ3v) is 3.46. The molecule has 0 unspecified atom stereocenters. The first-order valence-electron chi connectivity index (χ1n) is 6.49. The van der Waals surface area contributed by atoms with Gasteiger partial charge in [-0.15, -0.1) is 0 Å². The molecule has 0 aliphatic heterocycles. The van der Waals surface area contributed by atoms with Gasteiger partial charge in [0.25, 0.3) is 5.91 Å². The predicted molar refractivity (Wildman–Crippen MR) is 79.1 cm³/mol. The Hall–Kier alpha value is -2.96. The number of aryl methyl sites for hydroxylation is 1. The Balaban J connectivity index is 2.28. The molecule has 3 N–H and O–H groups in total. The molecule has 1 aromatic carbocycles. The molecule has 0 aliphatic carbocycles. The topological polar surface area (TPSA) is 93.9 Å². The summed E-state index contributed by atoms with van der Waals surface area (Å²) in [6, 6.07) is 3.06. The van der Waals surface area contributed by atoms with Gasteiger partial charge in [0.15, 0.2) is 5.82 Å². The van der Waals surface area contributed by atoms with E-state index in [0.717, 1.165) is 0 Å². The zero-order chi connectivity index (χ0) is 15.9. The molecule has 3 rings (SSSR count). The number of aromatic nitrogens is 3. The normalized spacial score (nSPS) is 10.9. The summed E-state index contributed by atoms with van der Waals surface area (Å²) in [5.74, 6) is -1.19. The Bertz CT molecular complexity index is 889. The van der Waals surface area contributed by atoms with Gasteiger partial charge in [0.2, 0.25) is 5.88 Å². The van der Waals surface area contributed by atoms with Crippen LogP contribution in [0.25, 0.3) is 22.2 Å². The quantitative estimate of drug-likeness (QED) is 0.775. The first kappa shape index (κ1) is 14.0. The van der Waals surface area contributed by atoms with E-state index in [4.69, 9.17) is 10.5 Å². The lowest BCUT2D eigenvalue weighted by Crippen LogP contribution is -2.13. The van der Waals surface area contributed by atoms with Crippen LogP contribution in [0.5, 0.6) is 5.88 Å². The molecule has 112 valence electrons. The van der Waals surface area contributed by atoms with E-state index in [9.17, 15) is 9.18 Å². The van der Waals surface area contributed by atoms with Crippen molar-refractivity contribution in [2.45, 2.75) is 6.92 Å². The number of methoxy groups -OCH3 is 1. The minimum Gasteiger partial charge on any atom is -0.479 e. The molecule has 0 bridgehead atoms. The highest BCUT2D eigenvalue weighted by atomic mass is 19.1. The van der Waals surface area contributed by atoms with Gasteiger partial charge < -0.3 is 15.5 Å². The van der Waals surface area contributed by atoms with Crippen LogP contribution in [0.4, 0.5) is 4.39 Å². The number of rotatable bonds is 3. The maximum absolute atomic E-state index is 13.9. The monoisotopic (exact) mass is 300 g/mol. The van der Waals surface area contributed by atoms with Crippen molar-refractivity contribution >= 4 is 16.9 Å². The first-order valence-corrected chi connectivity index (χ1v) is 6.49. The molecule has 7 heteroatoms. The third-order valence-electron chi connectivity index (χ3n) is 3.46. The molecule has 0 aliphatic rings. The summed E-state index contributed by atoms with van der Waals surface area (Å²) < 4.78 is 18.7. The highest BCUT2D eigenvalue weighted by Gasteiger charge is 2.18. The number of carbonyl (C=O) groups excluding carboxylic acids is 1. The van der Waals surface area contributed by atoms with Crippen molar-refractivity contribution in [3.8, 4) is 17.0 Å². The number of nitrogens with zero attached hydrogens (tertiary/aromatic N) is 2. The summed E-state index contributed by atoms with van der Waals surface area (Å²) in [6.07, 6.45) is 2.96. The second kappa shape index (κ2) is 5.10. The summed E-state index contributed by atoms with van der Waals surface area (Å²) in [6.45, 7) is 1.76. The maximum Gasteiger partial charge on any atom is 0.251 e. The van der Waals surface area contributed by atoms with Crippen LogP contribution in [0.3, 0.4) is 0 Å². The molecule has 2 aromatic heterocycles. The minimum absolute atomic E-state index is 0.0764. The minimum atomic E-state index is -0.569. The lowest BCUT2D eigenvalue weighted by Gasteiger charge is -2.09. The Labute approximate surface area is 125 Å². The Kier molecular flexibility index (Phi) is 3.25. The second-order valence-corrected chi connectivity index (χ2v) is 4.82. The number of amides is 1. The fourth-order valence-corrected chi connectivity index (χ4v) is 2.50. The number of fused-ring (bicyclic) bond motifs is 1. The average Bonchev–Trinajstić information content (AvgIpc) is 2.94. The number of halogens is 1. The molecule has 3 aromatic rings. The molecule has 0 fully saturated rings. The number of aromatic amines is 1. The number of hydrogen-bond donors (Lipinski definition) is 2. The molecule has 6 nitrogen and oxygen atoms in total. The number of primary amides is 1. The summed E-state index contributed by atoms with van der Waals surface area (Å²) in [7, 11) is 1.35. The summed E-state index contributed by atoms with van der Waals surface area (Å²) in [4.78, 5) is 22.6. The molecular weight excluding hydrogens is 287 g/mol. The Morgan fingerprint density at radius 2 is 2.14 bits per heavy atom. The first-order chi connectivity index (χ1) is 10.5. The van der Waals surface area contributed by atoms with Gasteiger partial charge >= 0.3 is 0 Å². The van der Waals surface area contributed by atoms with Crippen LogP contribution in [0.1, 0.15) is 15.9 Å². The molecule has 0 saturated heterocycles. The maximum atomic E-state index is 13.9. The number of nitrogens with one attached hydrogen (secondary N) is 1. The van der Waals surface area contributed by atoms with Gasteiger partial charge in [-0.3, -0.25) is 4.79 Å². The SMILES string of the molecule is COc1ncc(-c2cc(C)c(C(N)=O)c3[nH]cnc23)cc1F. The van der Waals surface area contributed by atoms with Gasteiger partial charge in [0, 0.05) is 17.3 Å². The summed E-state index contributed by atoms with van der Waals surface area (Å²) in [5, 5.41) is 0. The van der Waals surface area contributed by atoms with Gasteiger partial charge in [-0.1, -0.05) is 0 Å². The molecule has 1 amide bonds. The summed E-state index contributed by atoms with van der Waals surface area (Å²) in [5.41, 5.74) is 8.72. The van der Waals surface area contributed by atoms with Crippen molar-refractivity contribution in [1.82, 2.24) is 15.0 Å². The average molecular weight is 300 g/mol. The largest absolute Gasteiger partial charge is 0.479 e. The standard InChI is InChI=1S/C15H13FN4O2/c1-7-3-9(8-4-10(16)15(22-2)18-5-8)12-13(20-6-19-12)11(7)14(17)21/h3-6H,1-2H3,(H2,17,21)(H,19,20). The van der Waals surface area contributed by atoms with Gasteiger partial charge in [0.05, 0.1) is 30.0 Å². The zero-order valence-corrected chi connectivity index (χ0v) is 12.0. The van der Waals surface area contributed by atoms with Crippen LogP contribution in [-0.4, -0.2) is 28.0 Å². The van der Waals surface area contributed by atoms with Gasteiger partial charge in [-0.05, 0) is 24.6 Å². The highest BCUT2D eigenvalue weighted by Crippen LogP contribution is 2.32. The molecule has 2 heterocycles. The Morgan fingerprint density at radius 3 is 2.77 bits per heavy atom. The lowest BCUT2D eigenvalue weighted by molar-refractivity contribution is 0.100. The van der Waals surface area contributed by atoms with Crippen molar-refractivity contribution in [1.29, 1.82) is 0 Å². The van der Waals surface area contributed by atoms with Crippen molar-refractivity contribution in [3.05, 3.63) is 41.6 Å². The van der Waals surface area contributed by atoms with Crippen molar-refractivity contribution in [2.24, 2.45) is 5.73 Å². The van der Waals surface area contributed by atoms with Crippen LogP contribution < -0.4 is 10.5 Å². The van der Waals surface area contributed by atoms with Crippen LogP contribution >= 0.6 is 0 Å². The van der Waals surface area contributed by atoms with E-state index < -0.39 is 11.7 Å². The Morgan fingerprint density at radius 1 is 1.36 bits per heavy atom. The number of imidazole rings is 1. The van der Waals surface area contributed by atoms with E-state index in [1.807, 2.05) is 0 Å². The molecule has 22 heavy (non-hydrogen) atoms. The van der Waals surface area contributed by atoms with Crippen LogP contribution in [0.15, 0.2) is 24.7 Å². The van der Waals surface area contributed by atoms with Crippen molar-refractivity contribution in [3.63, 3.8) is 0 Å². The van der Waals surface area contributed by atoms with E-state index >= 15 is 0 Å². The van der Waals surface area contributed by atoms with E-state index in [1.165, 1.54) is 25.7 Å². The third kappa shape index (κ3) is 2.07. The molecule has 0 saturated carbocycles. The molecule has 0 atom stereocenters. The van der Waals surface area contributed by atoms with E-state index in [2.05, 4.69) is 15.0 Å². The molecular formula is C15H13FN4O2. The number of H-pyrrole nitrogens is 1. The smallest absolute Gasteiger partial charge is 0.251 e. The number of carbonyl (C=O) groups is 1. The van der Waals surface area contributed by atoms with Crippen LogP contribution in [0.2, 0.25) is 0 Å². The van der Waals surface area contributed by atoms with E-state index in [1.54, 1.807) is 13.0 Å². The van der Waals surface area contributed by atoms with Crippen molar-refractivity contribution in [2.75, 3.05) is 7.11 Å². The molecule has 0 spiro atoms. The zero-order valence-electron chi connectivity index (χ0n) is 12.0. The van der Waals surface area contributed by atoms with Gasteiger partial charge in [0.1, 0.15) is 0 Å². The fraction of sp³-hybridized carbons (Fsp3) is 0.133. The second-order valence-electron chi connectivity index (χ2n) is 4.82. The molecule has 0 radical (unpaired) electrons. The highest BCUT2D eigenvalue weighted by molar-refractivity contribution is 6.09. The number of pyridine rings is 1. The van der Waals surface area contributed by atoms with Crippen LogP contribution in [0, 0.1) is 12.7 Å². The predicted octanol–water partition coefficient (Wildman–Crippen LogP) is 2.18. The van der Waals surface area contributed by atoms with Gasteiger partial charge in [-0.25, -0.2) is 14.4 Å². The number of nitrogens with two attached hydrogens (primary N) is 1. The number of hydrogen-bond acceptors (Lipinski definition) is 4. The number of ether oxygens (including phenoxy) is 1. The van der Waals surface area contributed by atoms with Crippen molar-refractivity contribution < 1.29 is 13.9 Å². The van der Waals surface area contributed by atoms with Crippen LogP contribution in [-0.2, 0) is 0 Å². The lowest BCUT2D eigenvalue weighted by atomic mass is 9.98. The van der Waals surface area contributed by atoms with Gasteiger partial charge in [-0.2, -0.15) is 0 Å².